The zero-order valence-corrected chi connectivity index (χ0v) is 14.1. The van der Waals surface area contributed by atoms with Gasteiger partial charge < -0.3 is 4.90 Å². The molecule has 24 heavy (non-hydrogen) atoms. The molecule has 8 heteroatoms. The third-order valence-electron chi connectivity index (χ3n) is 3.97. The molecule has 0 saturated carbocycles. The van der Waals surface area contributed by atoms with Gasteiger partial charge in [-0.1, -0.05) is 0 Å². The number of benzene rings is 1. The van der Waals surface area contributed by atoms with Crippen molar-refractivity contribution in [1.29, 1.82) is 0 Å². The molecule has 1 aromatic carbocycles. The summed E-state index contributed by atoms with van der Waals surface area (Å²) in [6.45, 7) is 3.52. The van der Waals surface area contributed by atoms with Crippen molar-refractivity contribution in [2.24, 2.45) is 0 Å². The van der Waals surface area contributed by atoms with Crippen LogP contribution in [0.3, 0.4) is 0 Å². The number of aryl methyl sites for hydroxylation is 1. The molecule has 1 aliphatic heterocycles. The van der Waals surface area contributed by atoms with E-state index in [2.05, 4.69) is 10.3 Å². The van der Waals surface area contributed by atoms with Crippen molar-refractivity contribution >= 4 is 33.8 Å². The number of piperidine rings is 1. The van der Waals surface area contributed by atoms with Gasteiger partial charge >= 0.3 is 0 Å². The number of hydrogen-bond donors (Lipinski definition) is 1. The minimum Gasteiger partial charge on any atom is -0.366 e. The van der Waals surface area contributed by atoms with E-state index >= 15 is 0 Å². The predicted molar refractivity (Wildman–Crippen MR) is 94.0 cm³/mol. The molecule has 0 aliphatic carbocycles. The summed E-state index contributed by atoms with van der Waals surface area (Å²) in [5.74, 6) is -0.391. The van der Waals surface area contributed by atoms with Crippen molar-refractivity contribution in [1.82, 2.24) is 4.98 Å². The number of carbonyl (C=O) groups excluding carboxylic acids is 1. The molecule has 1 fully saturated rings. The Hall–Kier alpha value is -2.48. The topological polar surface area (TPSA) is 88.4 Å². The largest absolute Gasteiger partial charge is 0.366 e. The van der Waals surface area contributed by atoms with Crippen molar-refractivity contribution in [3.05, 3.63) is 45.0 Å². The number of nitro groups is 1. The molecular weight excluding hydrogens is 328 g/mol. The van der Waals surface area contributed by atoms with E-state index in [9.17, 15) is 14.9 Å². The normalized spacial score (nSPS) is 14.5. The number of nitro benzene ring substituents is 1. The number of hydrogen-bond acceptors (Lipinski definition) is 6. The highest BCUT2D eigenvalue weighted by Crippen LogP contribution is 2.31. The maximum atomic E-state index is 12.3. The van der Waals surface area contributed by atoms with Crippen LogP contribution in [0, 0.1) is 17.0 Å². The molecule has 2 heterocycles. The Morgan fingerprint density at radius 1 is 1.33 bits per heavy atom. The first-order valence-electron chi connectivity index (χ1n) is 7.82. The van der Waals surface area contributed by atoms with Crippen molar-refractivity contribution in [3.8, 4) is 0 Å². The van der Waals surface area contributed by atoms with Gasteiger partial charge in [-0.15, -0.1) is 11.3 Å². The van der Waals surface area contributed by atoms with E-state index in [0.29, 0.717) is 10.8 Å². The van der Waals surface area contributed by atoms with Crippen LogP contribution in [0.5, 0.6) is 0 Å². The molecular formula is C16H18N4O3S. The summed E-state index contributed by atoms with van der Waals surface area (Å²) >= 11 is 1.36. The van der Waals surface area contributed by atoms with Gasteiger partial charge in [0, 0.05) is 35.8 Å². The highest BCUT2D eigenvalue weighted by molar-refractivity contribution is 7.15. The van der Waals surface area contributed by atoms with Gasteiger partial charge in [-0.2, -0.15) is 0 Å². The van der Waals surface area contributed by atoms with Crippen molar-refractivity contribution in [3.63, 3.8) is 0 Å². The molecule has 0 spiro atoms. The summed E-state index contributed by atoms with van der Waals surface area (Å²) in [4.78, 5) is 30.4. The van der Waals surface area contributed by atoms with E-state index in [1.807, 2.05) is 11.8 Å². The number of carbonyl (C=O) groups is 1. The number of anilines is 2. The molecule has 1 N–H and O–H groups in total. The van der Waals surface area contributed by atoms with Crippen LogP contribution in [0.15, 0.2) is 24.4 Å². The second-order valence-electron chi connectivity index (χ2n) is 5.74. The summed E-state index contributed by atoms with van der Waals surface area (Å²) in [6, 6.07) is 4.65. The fourth-order valence-electron chi connectivity index (χ4n) is 2.79. The van der Waals surface area contributed by atoms with Gasteiger partial charge in [0.2, 0.25) is 0 Å². The van der Waals surface area contributed by atoms with Gasteiger partial charge in [0.25, 0.3) is 11.6 Å². The van der Waals surface area contributed by atoms with Crippen LogP contribution in [-0.2, 0) is 0 Å². The molecule has 0 unspecified atom stereocenters. The Morgan fingerprint density at radius 3 is 2.71 bits per heavy atom. The molecule has 1 saturated heterocycles. The average Bonchev–Trinajstić information content (AvgIpc) is 3.00. The number of nitrogens with zero attached hydrogens (tertiary/aromatic N) is 3. The zero-order valence-electron chi connectivity index (χ0n) is 13.3. The molecule has 0 radical (unpaired) electrons. The van der Waals surface area contributed by atoms with Crippen molar-refractivity contribution in [2.75, 3.05) is 23.3 Å². The van der Waals surface area contributed by atoms with E-state index in [1.54, 1.807) is 18.3 Å². The Labute approximate surface area is 143 Å². The predicted octanol–water partition coefficient (Wildman–Crippen LogP) is 3.60. The van der Waals surface area contributed by atoms with Crippen LogP contribution in [0.1, 0.15) is 34.5 Å². The van der Waals surface area contributed by atoms with Gasteiger partial charge in [0.1, 0.15) is 5.69 Å². The van der Waals surface area contributed by atoms with Gasteiger partial charge in [0.05, 0.1) is 4.92 Å². The summed E-state index contributed by atoms with van der Waals surface area (Å²) in [7, 11) is 0. The molecule has 1 aliphatic rings. The minimum atomic E-state index is -0.422. The number of aromatic nitrogens is 1. The first kappa shape index (κ1) is 16.4. The average molecular weight is 346 g/mol. The lowest BCUT2D eigenvalue weighted by Crippen LogP contribution is -2.30. The maximum absolute atomic E-state index is 12.3. The maximum Gasteiger partial charge on any atom is 0.293 e. The van der Waals surface area contributed by atoms with Gasteiger partial charge in [-0.3, -0.25) is 20.2 Å². The van der Waals surface area contributed by atoms with E-state index in [0.717, 1.165) is 37.2 Å². The van der Waals surface area contributed by atoms with Crippen LogP contribution < -0.4 is 10.2 Å². The van der Waals surface area contributed by atoms with E-state index < -0.39 is 10.8 Å². The second kappa shape index (κ2) is 6.96. The molecule has 0 atom stereocenters. The van der Waals surface area contributed by atoms with Crippen LogP contribution in [0.4, 0.5) is 16.5 Å². The standard InChI is InChI=1S/C16H18N4O3S/c1-11-10-17-16(24-11)18-15(21)12-5-6-13(14(9-12)20(22)23)19-7-3-2-4-8-19/h5-6,9-10H,2-4,7-8H2,1H3,(H,17,18,21). The Bertz CT molecular complexity index is 768. The van der Waals surface area contributed by atoms with Crippen LogP contribution >= 0.6 is 11.3 Å². The highest BCUT2D eigenvalue weighted by atomic mass is 32.1. The smallest absolute Gasteiger partial charge is 0.293 e. The Balaban J connectivity index is 1.85. The highest BCUT2D eigenvalue weighted by Gasteiger charge is 2.23. The Morgan fingerprint density at radius 2 is 2.08 bits per heavy atom. The van der Waals surface area contributed by atoms with Crippen molar-refractivity contribution < 1.29 is 9.72 Å². The first-order valence-corrected chi connectivity index (χ1v) is 8.63. The van der Waals surface area contributed by atoms with Gasteiger partial charge in [-0.05, 0) is 38.3 Å². The monoisotopic (exact) mass is 346 g/mol. The fraction of sp³-hybridized carbons (Fsp3) is 0.375. The SMILES string of the molecule is Cc1cnc(NC(=O)c2ccc(N3CCCCC3)c([N+](=O)[O-])c2)s1. The van der Waals surface area contributed by atoms with E-state index in [-0.39, 0.29) is 11.3 Å². The number of amides is 1. The zero-order chi connectivity index (χ0) is 17.1. The lowest BCUT2D eigenvalue weighted by atomic mass is 10.1. The van der Waals surface area contributed by atoms with Crippen molar-refractivity contribution in [2.45, 2.75) is 26.2 Å². The van der Waals surface area contributed by atoms with Crippen LogP contribution in [0.25, 0.3) is 0 Å². The lowest BCUT2D eigenvalue weighted by Gasteiger charge is -2.28. The summed E-state index contributed by atoms with van der Waals surface area (Å²) in [6.07, 6.45) is 4.88. The second-order valence-corrected chi connectivity index (χ2v) is 6.97. The molecule has 126 valence electrons. The van der Waals surface area contributed by atoms with Crippen LogP contribution in [-0.4, -0.2) is 28.9 Å². The molecule has 3 rings (SSSR count). The quantitative estimate of drug-likeness (QED) is 0.675. The van der Waals surface area contributed by atoms with Crippen LogP contribution in [0.2, 0.25) is 0 Å². The number of rotatable bonds is 4. The number of thiazole rings is 1. The minimum absolute atomic E-state index is 0.0279. The van der Waals surface area contributed by atoms with Gasteiger partial charge in [0.15, 0.2) is 5.13 Å². The van der Waals surface area contributed by atoms with E-state index in [1.165, 1.54) is 17.4 Å². The Kier molecular flexibility index (Phi) is 4.75. The van der Waals surface area contributed by atoms with Gasteiger partial charge in [-0.25, -0.2) is 4.98 Å². The fourth-order valence-corrected chi connectivity index (χ4v) is 3.45. The molecule has 0 bridgehead atoms. The summed E-state index contributed by atoms with van der Waals surface area (Å²) in [5, 5.41) is 14.6. The lowest BCUT2D eigenvalue weighted by molar-refractivity contribution is -0.384. The molecule has 1 amide bonds. The number of nitrogens with one attached hydrogen (secondary N) is 1. The third kappa shape index (κ3) is 3.53. The summed E-state index contributed by atoms with van der Waals surface area (Å²) in [5.41, 5.74) is 0.816. The molecule has 7 nitrogen and oxygen atoms in total. The summed E-state index contributed by atoms with van der Waals surface area (Å²) < 4.78 is 0. The van der Waals surface area contributed by atoms with E-state index in [4.69, 9.17) is 0 Å². The molecule has 1 aromatic heterocycles. The third-order valence-corrected chi connectivity index (χ3v) is 4.80. The first-order chi connectivity index (χ1) is 11.5. The molecule has 2 aromatic rings.